The number of hydrogen-bond acceptors (Lipinski definition) is 7. The maximum atomic E-state index is 12.9. The molecule has 0 spiro atoms. The number of amides is 1. The number of nitrogens with zero attached hydrogens (tertiary/aromatic N) is 3. The zero-order valence-corrected chi connectivity index (χ0v) is 18.2. The highest BCUT2D eigenvalue weighted by molar-refractivity contribution is 5.80. The second kappa shape index (κ2) is 10.8. The van der Waals surface area contributed by atoms with Gasteiger partial charge in [-0.1, -0.05) is 30.3 Å². The second-order valence-electron chi connectivity index (χ2n) is 7.54. The van der Waals surface area contributed by atoms with Crippen LogP contribution in [0, 0.1) is 10.1 Å². The van der Waals surface area contributed by atoms with Gasteiger partial charge in [-0.15, -0.1) is 0 Å². The summed E-state index contributed by atoms with van der Waals surface area (Å²) < 4.78 is 49.7. The Morgan fingerprint density at radius 1 is 1.14 bits per heavy atom. The summed E-state index contributed by atoms with van der Waals surface area (Å²) in [4.78, 5) is 47.1. The number of ether oxygens (including phenoxy) is 1. The van der Waals surface area contributed by atoms with Crippen LogP contribution in [0.5, 0.6) is 0 Å². The topological polar surface area (TPSA) is 125 Å². The number of non-ortho nitro benzene ring substituents is 1. The highest BCUT2D eigenvalue weighted by Crippen LogP contribution is 2.21. The molecule has 0 unspecified atom stereocenters. The lowest BCUT2D eigenvalue weighted by molar-refractivity contribution is -0.384. The molecule has 0 aliphatic carbocycles. The summed E-state index contributed by atoms with van der Waals surface area (Å²) in [5.74, 6) is -2.60. The minimum absolute atomic E-state index is 0.0144. The second-order valence-corrected chi connectivity index (χ2v) is 7.54. The van der Waals surface area contributed by atoms with Crippen LogP contribution in [0.1, 0.15) is 18.4 Å². The largest absolute Gasteiger partial charge is 0.456 e. The molecular weight excluding hydrogens is 475 g/mol. The molecule has 3 aromatic rings. The summed E-state index contributed by atoms with van der Waals surface area (Å²) in [5.41, 5.74) is 0.548. The number of carbonyl (C=O) groups is 2. The number of nitro groups is 1. The summed E-state index contributed by atoms with van der Waals surface area (Å²) in [6.45, 7) is -2.64. The molecule has 0 radical (unpaired) electrons. The molecule has 0 saturated heterocycles. The average molecular weight is 495 g/mol. The van der Waals surface area contributed by atoms with Crippen molar-refractivity contribution in [1.82, 2.24) is 9.47 Å². The Morgan fingerprint density at radius 3 is 2.51 bits per heavy atom. The maximum Gasteiger partial charge on any atom is 0.419 e. The maximum absolute atomic E-state index is 12.9. The van der Waals surface area contributed by atoms with E-state index in [0.717, 1.165) is 6.07 Å². The summed E-state index contributed by atoms with van der Waals surface area (Å²) in [5, 5.41) is 10.8. The molecule has 186 valence electrons. The van der Waals surface area contributed by atoms with Gasteiger partial charge in [0.25, 0.3) is 11.6 Å². The van der Waals surface area contributed by atoms with Crippen molar-refractivity contribution < 1.29 is 36.8 Å². The molecule has 1 amide bonds. The lowest BCUT2D eigenvalue weighted by atomic mass is 10.2. The predicted molar refractivity (Wildman–Crippen MR) is 115 cm³/mol. The van der Waals surface area contributed by atoms with Crippen LogP contribution in [0.3, 0.4) is 0 Å². The minimum Gasteiger partial charge on any atom is -0.456 e. The molecule has 0 atom stereocenters. The Kier molecular flexibility index (Phi) is 7.89. The summed E-state index contributed by atoms with van der Waals surface area (Å²) >= 11 is 0. The molecule has 0 bridgehead atoms. The number of halogens is 3. The molecule has 0 fully saturated rings. The van der Waals surface area contributed by atoms with Crippen LogP contribution in [-0.4, -0.2) is 45.6 Å². The van der Waals surface area contributed by atoms with E-state index in [1.807, 2.05) is 0 Å². The van der Waals surface area contributed by atoms with E-state index in [9.17, 15) is 37.7 Å². The van der Waals surface area contributed by atoms with Gasteiger partial charge in [0.05, 0.1) is 16.5 Å². The minimum atomic E-state index is -4.63. The van der Waals surface area contributed by atoms with Crippen molar-refractivity contribution >= 4 is 28.7 Å². The van der Waals surface area contributed by atoms with Crippen LogP contribution in [0.15, 0.2) is 57.7 Å². The molecule has 3 rings (SSSR count). The van der Waals surface area contributed by atoms with Crippen LogP contribution in [-0.2, 0) is 27.4 Å². The quantitative estimate of drug-likeness (QED) is 0.240. The van der Waals surface area contributed by atoms with E-state index in [2.05, 4.69) is 0 Å². The van der Waals surface area contributed by atoms with E-state index in [4.69, 9.17) is 9.15 Å². The number of benzene rings is 2. The number of hydrogen-bond donors (Lipinski definition) is 0. The smallest absolute Gasteiger partial charge is 0.419 e. The van der Waals surface area contributed by atoms with Crippen molar-refractivity contribution in [1.29, 1.82) is 0 Å². The number of alkyl halides is 3. The third kappa shape index (κ3) is 7.16. The zero-order valence-electron chi connectivity index (χ0n) is 18.2. The van der Waals surface area contributed by atoms with E-state index in [0.29, 0.717) is 16.0 Å². The summed E-state index contributed by atoms with van der Waals surface area (Å²) in [6, 6.07) is 11.7. The van der Waals surface area contributed by atoms with Gasteiger partial charge in [0.2, 0.25) is 0 Å². The SMILES string of the molecule is O=C(CCCn1c(=O)oc2cc([N+](=O)[O-])ccc21)OCC(=O)N(Cc1ccccc1)CC(F)(F)F. The molecule has 2 aromatic carbocycles. The van der Waals surface area contributed by atoms with E-state index in [1.54, 1.807) is 30.3 Å². The Labute approximate surface area is 195 Å². The van der Waals surface area contributed by atoms with Gasteiger partial charge < -0.3 is 14.1 Å². The third-order valence-corrected chi connectivity index (χ3v) is 4.92. The lowest BCUT2D eigenvalue weighted by Gasteiger charge is -2.24. The predicted octanol–water partition coefficient (Wildman–Crippen LogP) is 3.42. The van der Waals surface area contributed by atoms with Gasteiger partial charge in [-0.3, -0.25) is 24.3 Å². The van der Waals surface area contributed by atoms with Crippen LogP contribution in [0.2, 0.25) is 0 Å². The molecule has 10 nitrogen and oxygen atoms in total. The fraction of sp³-hybridized carbons (Fsp3) is 0.318. The van der Waals surface area contributed by atoms with Crippen LogP contribution in [0.25, 0.3) is 11.1 Å². The Hall–Kier alpha value is -4.16. The molecular formula is C22H20F3N3O7. The molecule has 13 heteroatoms. The van der Waals surface area contributed by atoms with Crippen LogP contribution in [0.4, 0.5) is 18.9 Å². The van der Waals surface area contributed by atoms with Crippen molar-refractivity contribution in [3.05, 3.63) is 74.8 Å². The number of esters is 1. The third-order valence-electron chi connectivity index (χ3n) is 4.92. The van der Waals surface area contributed by atoms with Crippen molar-refractivity contribution in [2.45, 2.75) is 32.1 Å². The number of carbonyl (C=O) groups excluding carboxylic acids is 2. The molecule has 0 aliphatic heterocycles. The number of nitro benzene ring substituents is 1. The first kappa shape index (κ1) is 25.5. The first-order valence-corrected chi connectivity index (χ1v) is 10.4. The number of rotatable bonds is 10. The van der Waals surface area contributed by atoms with Crippen molar-refractivity contribution in [3.8, 4) is 0 Å². The van der Waals surface area contributed by atoms with Crippen LogP contribution >= 0.6 is 0 Å². The monoisotopic (exact) mass is 495 g/mol. The van der Waals surface area contributed by atoms with Crippen molar-refractivity contribution in [2.75, 3.05) is 13.2 Å². The van der Waals surface area contributed by atoms with Gasteiger partial charge in [-0.2, -0.15) is 13.2 Å². The highest BCUT2D eigenvalue weighted by Gasteiger charge is 2.33. The van der Waals surface area contributed by atoms with E-state index in [1.165, 1.54) is 16.7 Å². The molecule has 1 heterocycles. The fourth-order valence-electron chi connectivity index (χ4n) is 3.32. The number of aromatic nitrogens is 1. The van der Waals surface area contributed by atoms with Gasteiger partial charge in [-0.05, 0) is 18.1 Å². The summed E-state index contributed by atoms with van der Waals surface area (Å²) in [7, 11) is 0. The lowest BCUT2D eigenvalue weighted by Crippen LogP contribution is -2.40. The van der Waals surface area contributed by atoms with Crippen LogP contribution < -0.4 is 5.76 Å². The first-order valence-electron chi connectivity index (χ1n) is 10.4. The normalized spacial score (nSPS) is 11.4. The highest BCUT2D eigenvalue weighted by atomic mass is 19.4. The van der Waals surface area contributed by atoms with Crippen molar-refractivity contribution in [3.63, 3.8) is 0 Å². The van der Waals surface area contributed by atoms with Gasteiger partial charge in [-0.25, -0.2) is 4.79 Å². The number of oxazole rings is 1. The molecule has 1 aromatic heterocycles. The van der Waals surface area contributed by atoms with E-state index >= 15 is 0 Å². The Morgan fingerprint density at radius 2 is 1.86 bits per heavy atom. The molecule has 35 heavy (non-hydrogen) atoms. The van der Waals surface area contributed by atoms with Gasteiger partial charge in [0.15, 0.2) is 12.2 Å². The van der Waals surface area contributed by atoms with Gasteiger partial charge >= 0.3 is 17.9 Å². The molecule has 0 saturated carbocycles. The van der Waals surface area contributed by atoms with Crippen molar-refractivity contribution in [2.24, 2.45) is 0 Å². The van der Waals surface area contributed by atoms with E-state index < -0.39 is 41.9 Å². The number of aryl methyl sites for hydroxylation is 1. The Bertz CT molecular complexity index is 1270. The zero-order chi connectivity index (χ0) is 25.6. The Balaban J connectivity index is 1.53. The average Bonchev–Trinajstić information content (AvgIpc) is 3.11. The van der Waals surface area contributed by atoms with Gasteiger partial charge in [0.1, 0.15) is 6.54 Å². The molecule has 0 aliphatic rings. The first-order chi connectivity index (χ1) is 16.5. The fourth-order valence-corrected chi connectivity index (χ4v) is 3.32. The summed E-state index contributed by atoms with van der Waals surface area (Å²) in [6.07, 6.45) is -4.76. The number of fused-ring (bicyclic) bond motifs is 1. The van der Waals surface area contributed by atoms with Gasteiger partial charge in [0, 0.05) is 25.6 Å². The standard InChI is InChI=1S/C22H20F3N3O7/c23-22(24,25)14-26(12-15-5-2-1-3-6-15)19(29)13-34-20(30)7-4-10-27-17-9-8-16(28(32)33)11-18(17)35-21(27)31/h1-3,5-6,8-9,11H,4,7,10,12-14H2. The molecule has 0 N–H and O–H groups in total. The van der Waals surface area contributed by atoms with E-state index in [-0.39, 0.29) is 37.2 Å².